The molecule has 2 aliphatic heterocycles. The van der Waals surface area contributed by atoms with Crippen molar-refractivity contribution in [2.24, 2.45) is 18.9 Å². The number of carboxylic acid groups (broad SMARTS) is 1. The molecule has 0 spiro atoms. The molecule has 0 unspecified atom stereocenters. The number of fused-ring (bicyclic) bond motifs is 2. The Morgan fingerprint density at radius 3 is 2.82 bits per heavy atom. The SMILES string of the molecule is C[C@@H](O)[C@H]1C(=O)N2C(C(=O)O)=C(Sc3nc4c(Cn5cc[n+](C)c5)cc(Br)cc4s3)[C@H](C)[C@H]12. The van der Waals surface area contributed by atoms with Crippen molar-refractivity contribution < 1.29 is 24.4 Å². The lowest BCUT2D eigenvalue weighted by molar-refractivity contribution is -0.671. The van der Waals surface area contributed by atoms with Crippen LogP contribution < -0.4 is 4.57 Å². The maximum Gasteiger partial charge on any atom is 0.353 e. The molecule has 2 N–H and O–H groups in total. The number of thiazole rings is 1. The molecule has 5 rings (SSSR count). The van der Waals surface area contributed by atoms with Gasteiger partial charge in [-0.15, -0.1) is 11.3 Å². The van der Waals surface area contributed by atoms with Gasteiger partial charge in [-0.05, 0) is 19.1 Å². The van der Waals surface area contributed by atoms with Crippen molar-refractivity contribution in [3.8, 4) is 0 Å². The van der Waals surface area contributed by atoms with Gasteiger partial charge in [0.15, 0.2) is 4.34 Å². The summed E-state index contributed by atoms with van der Waals surface area (Å²) in [7, 11) is 1.97. The van der Waals surface area contributed by atoms with Crippen LogP contribution in [0.15, 0.2) is 50.3 Å². The third-order valence-corrected chi connectivity index (χ3v) is 9.01. The van der Waals surface area contributed by atoms with E-state index in [1.807, 2.05) is 43.3 Å². The zero-order chi connectivity index (χ0) is 23.6. The van der Waals surface area contributed by atoms with E-state index in [1.165, 1.54) is 28.0 Å². The predicted molar refractivity (Wildman–Crippen MR) is 128 cm³/mol. The van der Waals surface area contributed by atoms with Crippen molar-refractivity contribution in [3.05, 3.63) is 51.5 Å². The Kier molecular flexibility index (Phi) is 5.63. The quantitative estimate of drug-likeness (QED) is 0.362. The lowest BCUT2D eigenvalue weighted by Gasteiger charge is -2.46. The molecule has 0 saturated carbocycles. The number of carbonyl (C=O) groups excluding carboxylic acids is 1. The first-order valence-electron chi connectivity index (χ1n) is 10.4. The highest BCUT2D eigenvalue weighted by Gasteiger charge is 2.60. The Labute approximate surface area is 206 Å². The van der Waals surface area contributed by atoms with Crippen LogP contribution in [0.4, 0.5) is 0 Å². The van der Waals surface area contributed by atoms with E-state index in [9.17, 15) is 19.8 Å². The van der Waals surface area contributed by atoms with Crippen molar-refractivity contribution >= 4 is 61.1 Å². The van der Waals surface area contributed by atoms with Crippen molar-refractivity contribution in [3.63, 3.8) is 0 Å². The molecular weight excluding hydrogens is 528 g/mol. The third kappa shape index (κ3) is 3.71. The van der Waals surface area contributed by atoms with E-state index in [-0.39, 0.29) is 23.6 Å². The lowest BCUT2D eigenvalue weighted by atomic mass is 9.79. The summed E-state index contributed by atoms with van der Waals surface area (Å²) in [4.78, 5) is 31.5. The number of imidazole rings is 1. The minimum atomic E-state index is -1.13. The van der Waals surface area contributed by atoms with Gasteiger partial charge in [-0.3, -0.25) is 4.79 Å². The number of aliphatic hydroxyl groups is 1. The van der Waals surface area contributed by atoms with E-state index < -0.39 is 18.0 Å². The molecule has 2 aromatic heterocycles. The Balaban J connectivity index is 1.51. The second kappa shape index (κ2) is 8.23. The van der Waals surface area contributed by atoms with Crippen LogP contribution in [0.2, 0.25) is 0 Å². The summed E-state index contributed by atoms with van der Waals surface area (Å²) in [6, 6.07) is 3.73. The fourth-order valence-electron chi connectivity index (χ4n) is 4.75. The number of aryl methyl sites for hydroxylation is 1. The molecule has 172 valence electrons. The molecule has 4 atom stereocenters. The van der Waals surface area contributed by atoms with E-state index in [0.717, 1.165) is 24.6 Å². The number of halogens is 1. The largest absolute Gasteiger partial charge is 0.477 e. The molecule has 1 amide bonds. The number of carbonyl (C=O) groups is 2. The van der Waals surface area contributed by atoms with Gasteiger partial charge in [0, 0.05) is 20.9 Å². The number of thioether (sulfide) groups is 1. The van der Waals surface area contributed by atoms with Crippen LogP contribution in [-0.2, 0) is 23.2 Å². The summed E-state index contributed by atoms with van der Waals surface area (Å²) in [5.74, 6) is -2.23. The Morgan fingerprint density at radius 1 is 1.42 bits per heavy atom. The van der Waals surface area contributed by atoms with Gasteiger partial charge in [0.05, 0.1) is 35.3 Å². The fraction of sp³-hybridized carbons (Fsp3) is 0.364. The zero-order valence-corrected chi connectivity index (χ0v) is 21.3. The highest BCUT2D eigenvalue weighted by Crippen LogP contribution is 2.52. The smallest absolute Gasteiger partial charge is 0.353 e. The molecule has 0 bridgehead atoms. The molecule has 11 heteroatoms. The van der Waals surface area contributed by atoms with E-state index in [1.54, 1.807) is 6.92 Å². The number of hydrogen-bond acceptors (Lipinski definition) is 6. The highest BCUT2D eigenvalue weighted by atomic mass is 79.9. The van der Waals surface area contributed by atoms with Crippen molar-refractivity contribution in [2.45, 2.75) is 36.9 Å². The fourth-order valence-corrected chi connectivity index (χ4v) is 7.83. The molecule has 2 aliphatic rings. The molecule has 33 heavy (non-hydrogen) atoms. The van der Waals surface area contributed by atoms with Gasteiger partial charge in [-0.25, -0.2) is 18.9 Å². The normalized spacial score (nSPS) is 23.2. The van der Waals surface area contributed by atoms with Crippen LogP contribution in [0, 0.1) is 11.8 Å². The summed E-state index contributed by atoms with van der Waals surface area (Å²) in [5.41, 5.74) is 1.95. The molecule has 8 nitrogen and oxygen atoms in total. The molecule has 4 heterocycles. The number of β-lactam (4-membered cyclic amide) rings is 1. The van der Waals surface area contributed by atoms with Gasteiger partial charge < -0.3 is 15.1 Å². The molecule has 0 radical (unpaired) electrons. The number of hydrogen-bond donors (Lipinski definition) is 2. The average Bonchev–Trinajstić information content (AvgIpc) is 3.38. The maximum atomic E-state index is 12.6. The van der Waals surface area contributed by atoms with Crippen LogP contribution in [0.5, 0.6) is 0 Å². The van der Waals surface area contributed by atoms with E-state index in [2.05, 4.69) is 26.6 Å². The summed E-state index contributed by atoms with van der Waals surface area (Å²) >= 11 is 6.41. The van der Waals surface area contributed by atoms with E-state index in [0.29, 0.717) is 11.4 Å². The molecule has 1 fully saturated rings. The Hall–Kier alpha value is -2.21. The molecule has 1 saturated heterocycles. The Morgan fingerprint density at radius 2 is 2.18 bits per heavy atom. The zero-order valence-electron chi connectivity index (χ0n) is 18.1. The van der Waals surface area contributed by atoms with E-state index >= 15 is 0 Å². The number of carboxylic acids is 1. The van der Waals surface area contributed by atoms with Crippen LogP contribution >= 0.6 is 39.0 Å². The number of nitrogens with zero attached hydrogens (tertiary/aromatic N) is 4. The van der Waals surface area contributed by atoms with Crippen molar-refractivity contribution in [2.75, 3.05) is 0 Å². The number of amides is 1. The minimum absolute atomic E-state index is 0.0138. The standard InChI is InChI=1S/C22H21BrN4O4S2/c1-10-17-15(11(2)28)20(29)27(17)18(21(30)31)19(10)33-22-24-16-12(6-13(23)7-14(16)32-22)8-26-5-4-25(3)9-26/h4-7,9-11,15,17,28H,8H2,1-3H3/p+1/t10-,11-,15-,17-/m1/s1. The summed E-state index contributed by atoms with van der Waals surface area (Å²) < 4.78 is 6.74. The van der Waals surface area contributed by atoms with Crippen LogP contribution in [0.3, 0.4) is 0 Å². The average molecular weight is 550 g/mol. The van der Waals surface area contributed by atoms with Gasteiger partial charge in [0.25, 0.3) is 0 Å². The summed E-state index contributed by atoms with van der Waals surface area (Å²) in [6.07, 6.45) is 5.15. The number of rotatable bonds is 6. The van der Waals surface area contributed by atoms with Gasteiger partial charge >= 0.3 is 5.97 Å². The van der Waals surface area contributed by atoms with E-state index in [4.69, 9.17) is 4.98 Å². The minimum Gasteiger partial charge on any atom is -0.477 e. The molecule has 0 aliphatic carbocycles. The van der Waals surface area contributed by atoms with Gasteiger partial charge in [0.2, 0.25) is 12.2 Å². The third-order valence-electron chi connectivity index (χ3n) is 6.20. The lowest BCUT2D eigenvalue weighted by Crippen LogP contribution is -2.63. The molecule has 3 aromatic rings. The van der Waals surface area contributed by atoms with Crippen LogP contribution in [0.1, 0.15) is 19.4 Å². The number of aromatic nitrogens is 3. The first kappa shape index (κ1) is 22.6. The first-order valence-corrected chi connectivity index (χ1v) is 12.8. The number of benzene rings is 1. The second-order valence-electron chi connectivity index (χ2n) is 8.52. The monoisotopic (exact) mass is 549 g/mol. The van der Waals surface area contributed by atoms with Gasteiger partial charge in [-0.1, -0.05) is 34.6 Å². The molecular formula is C22H22BrN4O4S2+. The number of aliphatic hydroxyl groups excluding tert-OH is 1. The summed E-state index contributed by atoms with van der Waals surface area (Å²) in [6.45, 7) is 4.15. The van der Waals surface area contributed by atoms with Crippen molar-refractivity contribution in [1.82, 2.24) is 14.5 Å². The topological polar surface area (TPSA) is 99.5 Å². The highest BCUT2D eigenvalue weighted by molar-refractivity contribution is 9.10. The van der Waals surface area contributed by atoms with Gasteiger partial charge in [-0.2, -0.15) is 0 Å². The molecule has 1 aromatic carbocycles. The summed E-state index contributed by atoms with van der Waals surface area (Å²) in [5, 5.41) is 19.9. The Bertz CT molecular complexity index is 1330. The van der Waals surface area contributed by atoms with Crippen LogP contribution in [-0.4, -0.2) is 48.7 Å². The second-order valence-corrected chi connectivity index (χ2v) is 11.8. The number of aliphatic carboxylic acids is 1. The maximum absolute atomic E-state index is 12.6. The van der Waals surface area contributed by atoms with Gasteiger partial charge in [0.1, 0.15) is 24.6 Å². The van der Waals surface area contributed by atoms with Crippen LogP contribution in [0.25, 0.3) is 10.2 Å². The first-order chi connectivity index (χ1) is 15.7. The van der Waals surface area contributed by atoms with Crippen molar-refractivity contribution in [1.29, 1.82) is 0 Å². The predicted octanol–water partition coefficient (Wildman–Crippen LogP) is 2.98.